The Morgan fingerprint density at radius 2 is 1.57 bits per heavy atom. The average Bonchev–Trinajstić information content (AvgIpc) is 3.34. The first-order chi connectivity index (χ1) is 22.1. The number of rotatable bonds is 17. The van der Waals surface area contributed by atoms with Crippen LogP contribution in [0, 0.1) is 19.7 Å². The molecule has 0 aliphatic carbocycles. The maximum atomic E-state index is 14.4. The normalized spacial score (nSPS) is 13.3. The number of ether oxygens (including phenoxy) is 3. The lowest BCUT2D eigenvalue weighted by molar-refractivity contribution is -0.137. The van der Waals surface area contributed by atoms with Crippen LogP contribution in [0.5, 0.6) is 5.75 Å². The van der Waals surface area contributed by atoms with E-state index in [2.05, 4.69) is 10.6 Å². The quantitative estimate of drug-likeness (QED) is 0.129. The second kappa shape index (κ2) is 16.4. The van der Waals surface area contributed by atoms with Gasteiger partial charge in [-0.2, -0.15) is 0 Å². The molecule has 4 rings (SSSR count). The van der Waals surface area contributed by atoms with Crippen LogP contribution in [-0.2, 0) is 28.7 Å². The summed E-state index contributed by atoms with van der Waals surface area (Å²) in [4.78, 5) is 61.0. The van der Waals surface area contributed by atoms with E-state index in [1.165, 1.54) is 30.4 Å². The monoisotopic (exact) mass is 637 g/mol. The third-order valence-electron chi connectivity index (χ3n) is 7.09. The highest BCUT2D eigenvalue weighted by Crippen LogP contribution is 2.28. The van der Waals surface area contributed by atoms with Crippen LogP contribution in [0.1, 0.15) is 35.6 Å². The number of aryl methyl sites for hydroxylation is 2. The fourth-order valence-corrected chi connectivity index (χ4v) is 4.62. The van der Waals surface area contributed by atoms with Gasteiger partial charge in [0.2, 0.25) is 12.0 Å². The van der Waals surface area contributed by atoms with Gasteiger partial charge in [0, 0.05) is 61.3 Å². The van der Waals surface area contributed by atoms with Gasteiger partial charge >= 0.3 is 5.63 Å². The summed E-state index contributed by atoms with van der Waals surface area (Å²) in [5.74, 6) is -1.68. The summed E-state index contributed by atoms with van der Waals surface area (Å²) >= 11 is 0. The molecule has 3 aromatic rings. The Labute approximate surface area is 264 Å². The van der Waals surface area contributed by atoms with Gasteiger partial charge in [0.25, 0.3) is 17.7 Å². The molecule has 0 saturated heterocycles. The van der Waals surface area contributed by atoms with Crippen molar-refractivity contribution in [3.8, 4) is 5.75 Å². The van der Waals surface area contributed by atoms with Crippen LogP contribution in [0.3, 0.4) is 0 Å². The van der Waals surface area contributed by atoms with Crippen molar-refractivity contribution in [3.63, 3.8) is 0 Å². The number of imide groups is 1. The predicted octanol–water partition coefficient (Wildman–Crippen LogP) is 2.64. The molecule has 2 N–H and O–H groups in total. The number of nitrogens with zero attached hydrogens (tertiary/aromatic N) is 1. The number of nitrogens with one attached hydrogen (secondary N) is 2. The molecule has 0 bridgehead atoms. The van der Waals surface area contributed by atoms with E-state index in [1.807, 2.05) is 0 Å². The maximum Gasteiger partial charge on any atom is 0.336 e. The van der Waals surface area contributed by atoms with Crippen molar-refractivity contribution >= 4 is 34.6 Å². The zero-order chi connectivity index (χ0) is 33.1. The van der Waals surface area contributed by atoms with Gasteiger partial charge in [-0.05, 0) is 49.6 Å². The molecule has 1 aliphatic rings. The fraction of sp³-hybridized carbons (Fsp3) is 0.364. The maximum absolute atomic E-state index is 14.4. The highest BCUT2D eigenvalue weighted by molar-refractivity contribution is 6.12. The Bertz CT molecular complexity index is 1650. The molecule has 0 radical (unpaired) electrons. The second-order valence-electron chi connectivity index (χ2n) is 10.5. The van der Waals surface area contributed by atoms with E-state index in [0.29, 0.717) is 29.7 Å². The number of hydrogen-bond donors (Lipinski definition) is 2. The summed E-state index contributed by atoms with van der Waals surface area (Å²) in [6.07, 6.45) is 1.77. The number of carbonyl (C=O) groups excluding carboxylic acids is 4. The van der Waals surface area contributed by atoms with Gasteiger partial charge < -0.3 is 29.3 Å². The van der Waals surface area contributed by atoms with Crippen LogP contribution in [0.2, 0.25) is 0 Å². The van der Waals surface area contributed by atoms with Crippen molar-refractivity contribution < 1.29 is 42.2 Å². The first-order valence-corrected chi connectivity index (χ1v) is 14.8. The third kappa shape index (κ3) is 9.56. The lowest BCUT2D eigenvalue weighted by atomic mass is 10.1. The van der Waals surface area contributed by atoms with Gasteiger partial charge in [-0.15, -0.1) is 0 Å². The van der Waals surface area contributed by atoms with Crippen molar-refractivity contribution in [2.75, 3.05) is 46.1 Å². The molecular formula is C33H36FN3O9. The van der Waals surface area contributed by atoms with Gasteiger partial charge in [-0.25, -0.2) is 9.18 Å². The highest BCUT2D eigenvalue weighted by Gasteiger charge is 2.24. The smallest absolute Gasteiger partial charge is 0.336 e. The molecule has 1 unspecified atom stereocenters. The first kappa shape index (κ1) is 34.0. The minimum Gasteiger partial charge on any atom is -0.476 e. The molecule has 1 atom stereocenters. The van der Waals surface area contributed by atoms with E-state index in [4.69, 9.17) is 18.6 Å². The Morgan fingerprint density at radius 1 is 0.870 bits per heavy atom. The number of amides is 4. The van der Waals surface area contributed by atoms with E-state index in [-0.39, 0.29) is 69.4 Å². The molecule has 4 amide bonds. The van der Waals surface area contributed by atoms with Crippen LogP contribution in [-0.4, -0.2) is 74.6 Å². The Morgan fingerprint density at radius 3 is 2.26 bits per heavy atom. The molecule has 46 heavy (non-hydrogen) atoms. The largest absolute Gasteiger partial charge is 0.476 e. The summed E-state index contributed by atoms with van der Waals surface area (Å²) < 4.78 is 36.6. The topological polar surface area (TPSA) is 153 Å². The molecule has 13 heteroatoms. The second-order valence-corrected chi connectivity index (χ2v) is 10.5. The summed E-state index contributed by atoms with van der Waals surface area (Å²) in [5.41, 5.74) is 1.27. The van der Waals surface area contributed by atoms with Crippen LogP contribution in [0.4, 0.5) is 4.39 Å². The van der Waals surface area contributed by atoms with Crippen molar-refractivity contribution in [1.82, 2.24) is 15.5 Å². The van der Waals surface area contributed by atoms with Crippen molar-refractivity contribution in [1.29, 1.82) is 0 Å². The zero-order valence-electron chi connectivity index (χ0n) is 25.6. The lowest BCUT2D eigenvalue weighted by Crippen LogP contribution is -2.35. The summed E-state index contributed by atoms with van der Waals surface area (Å²) in [6, 6.07) is 10.7. The Balaban J connectivity index is 1.15. The van der Waals surface area contributed by atoms with E-state index in [9.17, 15) is 28.4 Å². The van der Waals surface area contributed by atoms with E-state index >= 15 is 0 Å². The van der Waals surface area contributed by atoms with Crippen LogP contribution < -0.4 is 21.0 Å². The lowest BCUT2D eigenvalue weighted by Gasteiger charge is -2.20. The third-order valence-corrected chi connectivity index (χ3v) is 7.09. The molecule has 0 fully saturated rings. The molecule has 0 saturated carbocycles. The number of carbonyl (C=O) groups is 4. The number of fused-ring (bicyclic) bond motifs is 1. The van der Waals surface area contributed by atoms with Gasteiger partial charge in [0.15, 0.2) is 0 Å². The summed E-state index contributed by atoms with van der Waals surface area (Å²) in [7, 11) is 0. The van der Waals surface area contributed by atoms with E-state index < -0.39 is 23.5 Å². The number of halogens is 1. The van der Waals surface area contributed by atoms with Crippen molar-refractivity contribution in [2.45, 2.75) is 32.8 Å². The Kier molecular flexibility index (Phi) is 12.1. The molecule has 2 aromatic carbocycles. The van der Waals surface area contributed by atoms with Crippen LogP contribution >= 0.6 is 0 Å². The minimum absolute atomic E-state index is 0.152. The first-order valence-electron chi connectivity index (χ1n) is 14.8. The van der Waals surface area contributed by atoms with Gasteiger partial charge in [0.05, 0.1) is 26.4 Å². The SMILES string of the molecule is Cc1ccc(C(Oc2ccc3c(C)cc(=O)oc3c2)C(=O)NCCOCCOCCNC(=O)CCCN2C(=O)C=CC2=O)cc1F. The average molecular weight is 638 g/mol. The van der Waals surface area contributed by atoms with E-state index in [1.54, 1.807) is 38.1 Å². The van der Waals surface area contributed by atoms with E-state index in [0.717, 1.165) is 15.8 Å². The van der Waals surface area contributed by atoms with Gasteiger partial charge in [-0.1, -0.05) is 12.1 Å². The molecule has 2 heterocycles. The molecular weight excluding hydrogens is 601 g/mol. The van der Waals surface area contributed by atoms with Gasteiger partial charge in [0.1, 0.15) is 17.1 Å². The molecule has 1 aliphatic heterocycles. The summed E-state index contributed by atoms with van der Waals surface area (Å²) in [6.45, 7) is 5.00. The van der Waals surface area contributed by atoms with Gasteiger partial charge in [-0.3, -0.25) is 24.1 Å². The molecule has 0 spiro atoms. The molecule has 244 valence electrons. The standard InChI is InChI=1S/C33H36FN3O9/c1-21-5-6-23(19-26(21)34)32(45-24-7-8-25-22(2)18-31(41)46-27(25)20-24)33(42)36-12-15-44-17-16-43-14-11-35-28(38)4-3-13-37-29(39)9-10-30(37)40/h5-10,18-20,32H,3-4,11-17H2,1-2H3,(H,35,38)(H,36,42). The Hall–Kier alpha value is -4.88. The fourth-order valence-electron chi connectivity index (χ4n) is 4.62. The number of hydrogen-bond acceptors (Lipinski definition) is 9. The van der Waals surface area contributed by atoms with Crippen molar-refractivity contribution in [2.24, 2.45) is 0 Å². The zero-order valence-corrected chi connectivity index (χ0v) is 25.6. The minimum atomic E-state index is -1.19. The molecule has 1 aromatic heterocycles. The summed E-state index contributed by atoms with van der Waals surface area (Å²) in [5, 5.41) is 6.16. The van der Waals surface area contributed by atoms with Crippen molar-refractivity contribution in [3.05, 3.63) is 87.5 Å². The predicted molar refractivity (Wildman–Crippen MR) is 164 cm³/mol. The highest BCUT2D eigenvalue weighted by atomic mass is 19.1. The number of benzene rings is 2. The molecule has 12 nitrogen and oxygen atoms in total. The van der Waals surface area contributed by atoms with Crippen LogP contribution in [0.25, 0.3) is 11.0 Å². The van der Waals surface area contributed by atoms with Crippen LogP contribution in [0.15, 0.2) is 63.8 Å².